The van der Waals surface area contributed by atoms with Crippen LogP contribution >= 0.6 is 0 Å². The van der Waals surface area contributed by atoms with Gasteiger partial charge in [0.05, 0.1) is 31.5 Å². The van der Waals surface area contributed by atoms with Crippen LogP contribution in [0.25, 0.3) is 0 Å². The summed E-state index contributed by atoms with van der Waals surface area (Å²) in [6.07, 6.45) is 0.765. The molecule has 1 aliphatic heterocycles. The van der Waals surface area contributed by atoms with Crippen molar-refractivity contribution in [2.24, 2.45) is 23.1 Å². The fraction of sp³-hybridized carbons (Fsp3) is 0.611. The Hall–Kier alpha value is -8.13. The zero-order valence-electron chi connectivity index (χ0n) is 48.0. The van der Waals surface area contributed by atoms with E-state index >= 15 is 0 Å². The van der Waals surface area contributed by atoms with Crippen molar-refractivity contribution in [2.45, 2.75) is 177 Å². The Morgan fingerprint density at radius 3 is 1.74 bits per heavy atom. The molecule has 2 heterocycles. The average Bonchev–Trinajstić information content (AvgIpc) is 4.22. The molecular formula is C54H84N14O17. The van der Waals surface area contributed by atoms with Crippen LogP contribution in [0, 0.1) is 5.92 Å². The molecule has 1 saturated heterocycles. The summed E-state index contributed by atoms with van der Waals surface area (Å²) in [6.45, 7) is 4.15. The summed E-state index contributed by atoms with van der Waals surface area (Å²) < 4.78 is 0. The summed E-state index contributed by atoms with van der Waals surface area (Å²) in [5.41, 5.74) is 17.9. The Bertz CT molecular complexity index is 2560. The van der Waals surface area contributed by atoms with Gasteiger partial charge in [0, 0.05) is 37.7 Å². The number of aliphatic hydroxyl groups is 2. The molecule has 0 saturated carbocycles. The SMILES string of the molecule is CC(C)C[C@H](NC(=O)[C@H](CCCCN)NC(=O)[C@H](CC(=O)O)NC(=O)[C@H](Cc1ccccc1)NC(=O)[C@H](CO)NC(=O)[C@@H](NC(=O)[C@H](Cc1cnc[nH]1)NC(=O)[C@@H](N)CCC(=O)O)[C@@H](C)O)C(=O)N1CCC[C@H]1C(=O)N[C@@H](CCCCN)C(=O)O. The van der Waals surface area contributed by atoms with E-state index in [1.807, 2.05) is 0 Å². The van der Waals surface area contributed by atoms with Crippen LogP contribution in [-0.2, 0) is 70.4 Å². The molecule has 85 heavy (non-hydrogen) atoms. The number of benzene rings is 1. The molecule has 9 amide bonds. The summed E-state index contributed by atoms with van der Waals surface area (Å²) in [4.78, 5) is 168. The molecule has 1 aromatic heterocycles. The molecule has 31 nitrogen and oxygen atoms in total. The molecule has 1 aromatic carbocycles. The first-order chi connectivity index (χ1) is 40.3. The summed E-state index contributed by atoms with van der Waals surface area (Å²) >= 11 is 0. The van der Waals surface area contributed by atoms with Gasteiger partial charge in [-0.25, -0.2) is 9.78 Å². The molecule has 20 N–H and O–H groups in total. The Morgan fingerprint density at radius 1 is 0.635 bits per heavy atom. The monoisotopic (exact) mass is 1200 g/mol. The maximum absolute atomic E-state index is 14.3. The highest BCUT2D eigenvalue weighted by Crippen LogP contribution is 2.22. The minimum atomic E-state index is -1.93. The van der Waals surface area contributed by atoms with E-state index in [2.05, 4.69) is 52.5 Å². The number of nitrogens with two attached hydrogens (primary N) is 3. The fourth-order valence-corrected chi connectivity index (χ4v) is 9.14. The summed E-state index contributed by atoms with van der Waals surface area (Å²) in [7, 11) is 0. The van der Waals surface area contributed by atoms with Crippen molar-refractivity contribution in [2.75, 3.05) is 26.2 Å². The largest absolute Gasteiger partial charge is 0.481 e. The second kappa shape index (κ2) is 36.5. The van der Waals surface area contributed by atoms with E-state index < -0.39 is 157 Å². The van der Waals surface area contributed by atoms with Crippen molar-refractivity contribution < 1.29 is 83.1 Å². The van der Waals surface area contributed by atoms with Crippen LogP contribution in [0.2, 0.25) is 0 Å². The topological polar surface area (TPSA) is 512 Å². The zero-order chi connectivity index (χ0) is 63.3. The molecule has 2 aromatic rings. The Morgan fingerprint density at radius 2 is 1.18 bits per heavy atom. The van der Waals surface area contributed by atoms with Crippen LogP contribution in [-0.4, -0.2) is 204 Å². The molecule has 3 rings (SSSR count). The van der Waals surface area contributed by atoms with E-state index in [4.69, 9.17) is 22.3 Å². The van der Waals surface area contributed by atoms with Crippen LogP contribution < -0.4 is 59.7 Å². The molecule has 472 valence electrons. The smallest absolute Gasteiger partial charge is 0.326 e. The minimum Gasteiger partial charge on any atom is -0.481 e. The van der Waals surface area contributed by atoms with Gasteiger partial charge in [-0.2, -0.15) is 0 Å². The molecule has 11 atom stereocenters. The maximum Gasteiger partial charge on any atom is 0.326 e. The van der Waals surface area contributed by atoms with E-state index in [1.54, 1.807) is 44.2 Å². The summed E-state index contributed by atoms with van der Waals surface area (Å²) in [6, 6.07) is -7.26. The molecule has 0 radical (unpaired) electrons. The fourth-order valence-electron chi connectivity index (χ4n) is 9.14. The van der Waals surface area contributed by atoms with Crippen molar-refractivity contribution in [3.8, 4) is 0 Å². The number of imidazole rings is 1. The van der Waals surface area contributed by atoms with Crippen molar-refractivity contribution in [1.82, 2.24) is 57.4 Å². The predicted molar refractivity (Wildman–Crippen MR) is 301 cm³/mol. The molecule has 0 aliphatic carbocycles. The second-order valence-corrected chi connectivity index (χ2v) is 21.2. The predicted octanol–water partition coefficient (Wildman–Crippen LogP) is -4.51. The summed E-state index contributed by atoms with van der Waals surface area (Å²) in [5.74, 6) is -13.2. The maximum atomic E-state index is 14.3. The number of nitrogens with zero attached hydrogens (tertiary/aromatic N) is 2. The number of carbonyl (C=O) groups excluding carboxylic acids is 9. The van der Waals surface area contributed by atoms with Gasteiger partial charge in [-0.1, -0.05) is 44.2 Å². The molecule has 0 unspecified atom stereocenters. The highest BCUT2D eigenvalue weighted by molar-refractivity contribution is 5.99. The molecular weight excluding hydrogens is 1120 g/mol. The quantitative estimate of drug-likeness (QED) is 0.0281. The lowest BCUT2D eigenvalue weighted by Gasteiger charge is -2.31. The average molecular weight is 1200 g/mol. The number of aliphatic hydroxyl groups excluding tert-OH is 2. The number of hydrogen-bond acceptors (Lipinski definition) is 18. The van der Waals surface area contributed by atoms with Gasteiger partial charge in [-0.3, -0.25) is 52.7 Å². The standard InChI is InChI=1S/C54H84N14O17/c1-29(2)22-39(53(83)68-21-11-16-41(68)51(81)61-35(54(84)85)15-8-10-20-56)65-46(76)34(14-7-9-19-55)60-48(78)38(25-43(73)74)64-47(77)36(23-31-12-5-4-6-13-31)63-50(80)40(27-69)66-52(82)44(30(3)70)67-49(79)37(24-32-26-58-28-59-32)62-45(75)33(57)17-18-42(71)72/h4-6,12-13,26,28-30,33-41,44,69-70H,7-11,14-25,27,55-57H2,1-3H3,(H,58,59)(H,60,78)(H,61,81)(H,62,75)(H,63,80)(H,64,77)(H,65,76)(H,66,82)(H,67,79)(H,71,72)(H,73,74)(H,84,85)/t30-,33+,34+,35+,36+,37+,38+,39+,40+,41+,44+/m1/s1. The van der Waals surface area contributed by atoms with Crippen LogP contribution in [0.3, 0.4) is 0 Å². The number of rotatable bonds is 39. The number of nitrogens with one attached hydrogen (secondary N) is 9. The highest BCUT2D eigenvalue weighted by Gasteiger charge is 2.41. The second-order valence-electron chi connectivity index (χ2n) is 21.2. The first-order valence-corrected chi connectivity index (χ1v) is 28.2. The number of aliphatic carboxylic acids is 3. The van der Waals surface area contributed by atoms with E-state index in [1.165, 1.54) is 17.4 Å². The van der Waals surface area contributed by atoms with Crippen LogP contribution in [0.1, 0.15) is 109 Å². The Kier molecular flexibility index (Phi) is 30.6. The number of aromatic amines is 1. The minimum absolute atomic E-state index is 0.0604. The van der Waals surface area contributed by atoms with Crippen molar-refractivity contribution in [3.05, 3.63) is 54.1 Å². The van der Waals surface area contributed by atoms with Gasteiger partial charge in [0.1, 0.15) is 54.4 Å². The van der Waals surface area contributed by atoms with Crippen molar-refractivity contribution >= 4 is 71.1 Å². The lowest BCUT2D eigenvalue weighted by atomic mass is 10.0. The number of carboxylic acids is 3. The third-order valence-corrected chi connectivity index (χ3v) is 13.7. The van der Waals surface area contributed by atoms with Crippen LogP contribution in [0.5, 0.6) is 0 Å². The van der Waals surface area contributed by atoms with Gasteiger partial charge in [0.2, 0.25) is 53.2 Å². The van der Waals surface area contributed by atoms with E-state index in [0.29, 0.717) is 43.5 Å². The van der Waals surface area contributed by atoms with Gasteiger partial charge in [0.15, 0.2) is 0 Å². The van der Waals surface area contributed by atoms with Gasteiger partial charge in [-0.15, -0.1) is 0 Å². The van der Waals surface area contributed by atoms with Gasteiger partial charge in [0.25, 0.3) is 0 Å². The normalized spacial score (nSPS) is 16.5. The first-order valence-electron chi connectivity index (χ1n) is 28.2. The van der Waals surface area contributed by atoms with Crippen LogP contribution in [0.15, 0.2) is 42.9 Å². The molecule has 1 fully saturated rings. The number of hydrogen-bond donors (Lipinski definition) is 17. The Labute approximate surface area is 490 Å². The Balaban J connectivity index is 1.87. The highest BCUT2D eigenvalue weighted by atomic mass is 16.4. The molecule has 31 heteroatoms. The number of amides is 9. The number of likely N-dealkylation sites (tertiary alicyclic amines) is 1. The number of unbranched alkanes of at least 4 members (excludes halogenated alkanes) is 2. The number of carboxylic acid groups (broad SMARTS) is 3. The molecule has 0 spiro atoms. The van der Waals surface area contributed by atoms with Gasteiger partial charge >= 0.3 is 17.9 Å². The lowest BCUT2D eigenvalue weighted by Crippen LogP contribution is -2.62. The zero-order valence-corrected chi connectivity index (χ0v) is 48.0. The molecule has 1 aliphatic rings. The molecule has 0 bridgehead atoms. The van der Waals surface area contributed by atoms with E-state index in [9.17, 15) is 78.0 Å². The lowest BCUT2D eigenvalue weighted by molar-refractivity contribution is -0.145. The van der Waals surface area contributed by atoms with Crippen LogP contribution in [0.4, 0.5) is 0 Å². The van der Waals surface area contributed by atoms with E-state index in [-0.39, 0.29) is 70.4 Å². The van der Waals surface area contributed by atoms with Crippen molar-refractivity contribution in [1.29, 1.82) is 0 Å². The number of carbonyl (C=O) groups is 12. The van der Waals surface area contributed by atoms with E-state index in [0.717, 1.165) is 6.92 Å². The number of H-pyrrole nitrogens is 1. The third kappa shape index (κ3) is 24.5. The van der Waals surface area contributed by atoms with Gasteiger partial charge in [-0.05, 0) is 95.7 Å². The summed E-state index contributed by atoms with van der Waals surface area (Å²) in [5, 5.41) is 69.2. The first kappa shape index (κ1) is 71.1. The third-order valence-electron chi connectivity index (χ3n) is 13.7. The van der Waals surface area contributed by atoms with Crippen molar-refractivity contribution in [3.63, 3.8) is 0 Å². The van der Waals surface area contributed by atoms with Gasteiger partial charge < -0.3 is 95.2 Å². The number of aromatic nitrogens is 2.